The van der Waals surface area contributed by atoms with Crippen molar-refractivity contribution in [2.75, 3.05) is 12.4 Å². The first-order chi connectivity index (χ1) is 9.76. The van der Waals surface area contributed by atoms with Crippen LogP contribution in [0.1, 0.15) is 41.1 Å². The van der Waals surface area contributed by atoms with Crippen LogP contribution in [0, 0.1) is 0 Å². The molecule has 106 valence electrons. The predicted molar refractivity (Wildman–Crippen MR) is 83.8 cm³/mol. The third-order valence-corrected chi connectivity index (χ3v) is 5.19. The molecule has 3 nitrogen and oxygen atoms in total. The molecule has 0 fully saturated rings. The summed E-state index contributed by atoms with van der Waals surface area (Å²) in [4.78, 5) is 7.24. The fourth-order valence-electron chi connectivity index (χ4n) is 2.63. The summed E-state index contributed by atoms with van der Waals surface area (Å²) >= 11 is 1.96. The number of ether oxygens (including phenoxy) is 1. The van der Waals surface area contributed by atoms with E-state index in [1.54, 1.807) is 17.6 Å². The van der Waals surface area contributed by atoms with Gasteiger partial charge in [0.15, 0.2) is 0 Å². The molecule has 20 heavy (non-hydrogen) atoms. The van der Waals surface area contributed by atoms with E-state index in [0.29, 0.717) is 11.9 Å². The third-order valence-electron chi connectivity index (χ3n) is 3.77. The van der Waals surface area contributed by atoms with Crippen molar-refractivity contribution in [2.24, 2.45) is 0 Å². The molecule has 1 unspecified atom stereocenters. The Bertz CT molecular complexity index is 553. The molecule has 1 aliphatic carbocycles. The normalized spacial score (nSPS) is 15.5. The lowest BCUT2D eigenvalue weighted by atomic mass is 9.99. The number of aryl methyl sites for hydroxylation is 2. The Balaban J connectivity index is 1.71. The highest BCUT2D eigenvalue weighted by Crippen LogP contribution is 2.34. The van der Waals surface area contributed by atoms with Gasteiger partial charge in [0.2, 0.25) is 5.88 Å². The highest BCUT2D eigenvalue weighted by molar-refractivity contribution is 7.12. The van der Waals surface area contributed by atoms with Gasteiger partial charge in [0.25, 0.3) is 0 Å². The molecule has 0 aliphatic heterocycles. The molecule has 0 spiro atoms. The van der Waals surface area contributed by atoms with Gasteiger partial charge >= 0.3 is 0 Å². The molecule has 1 N–H and O–H groups in total. The topological polar surface area (TPSA) is 34.1 Å². The number of hydrogen-bond acceptors (Lipinski definition) is 4. The van der Waals surface area contributed by atoms with Crippen molar-refractivity contribution in [3.63, 3.8) is 0 Å². The molecule has 0 radical (unpaired) electrons. The monoisotopic (exact) mass is 288 g/mol. The molecule has 0 saturated carbocycles. The summed E-state index contributed by atoms with van der Waals surface area (Å²) < 4.78 is 5.08. The lowest BCUT2D eigenvalue weighted by molar-refractivity contribution is 0.398. The maximum atomic E-state index is 5.08. The van der Waals surface area contributed by atoms with E-state index in [9.17, 15) is 0 Å². The van der Waals surface area contributed by atoms with Crippen LogP contribution in [-0.2, 0) is 12.8 Å². The van der Waals surface area contributed by atoms with E-state index < -0.39 is 0 Å². The smallest absolute Gasteiger partial charge is 0.213 e. The van der Waals surface area contributed by atoms with Gasteiger partial charge in [0.05, 0.1) is 25.0 Å². The number of nitrogens with one attached hydrogen (secondary N) is 1. The summed E-state index contributed by atoms with van der Waals surface area (Å²) in [6.07, 6.45) is 7.02. The fourth-order valence-corrected chi connectivity index (χ4v) is 3.89. The molecule has 0 amide bonds. The van der Waals surface area contributed by atoms with Gasteiger partial charge in [-0.15, -0.1) is 11.3 Å². The first-order valence-electron chi connectivity index (χ1n) is 7.14. The number of fused-ring (bicyclic) bond motifs is 1. The number of methoxy groups -OCH3 is 1. The molecule has 3 rings (SSSR count). The molecule has 1 aliphatic rings. The number of hydrogen-bond donors (Lipinski definition) is 1. The second kappa shape index (κ2) is 5.83. The van der Waals surface area contributed by atoms with Crippen LogP contribution < -0.4 is 10.1 Å². The molecule has 0 bridgehead atoms. The van der Waals surface area contributed by atoms with Crippen LogP contribution in [0.2, 0.25) is 0 Å². The summed E-state index contributed by atoms with van der Waals surface area (Å²) in [5.74, 6) is 0.648. The zero-order valence-corrected chi connectivity index (χ0v) is 12.8. The Hall–Kier alpha value is -1.55. The maximum absolute atomic E-state index is 5.08. The van der Waals surface area contributed by atoms with Crippen LogP contribution in [0.15, 0.2) is 24.4 Å². The lowest BCUT2D eigenvalue weighted by Crippen LogP contribution is -2.05. The number of thiophene rings is 1. The van der Waals surface area contributed by atoms with Crippen molar-refractivity contribution < 1.29 is 4.74 Å². The van der Waals surface area contributed by atoms with Gasteiger partial charge in [-0.25, -0.2) is 4.98 Å². The predicted octanol–water partition coefficient (Wildman–Crippen LogP) is 4.20. The van der Waals surface area contributed by atoms with Gasteiger partial charge in [-0.1, -0.05) is 0 Å². The number of anilines is 1. The van der Waals surface area contributed by atoms with E-state index >= 15 is 0 Å². The zero-order chi connectivity index (χ0) is 13.9. The summed E-state index contributed by atoms with van der Waals surface area (Å²) in [6, 6.07) is 6.60. The Morgan fingerprint density at radius 3 is 2.85 bits per heavy atom. The average molecular weight is 288 g/mol. The van der Waals surface area contributed by atoms with Gasteiger partial charge in [-0.2, -0.15) is 0 Å². The second-order valence-corrected chi connectivity index (χ2v) is 6.43. The van der Waals surface area contributed by atoms with Crippen LogP contribution >= 0.6 is 11.3 Å². The zero-order valence-electron chi connectivity index (χ0n) is 12.0. The van der Waals surface area contributed by atoms with Gasteiger partial charge in [0, 0.05) is 15.8 Å². The molecule has 2 aromatic heterocycles. The summed E-state index contributed by atoms with van der Waals surface area (Å²) in [5, 5.41) is 3.51. The molecule has 0 saturated heterocycles. The molecule has 2 heterocycles. The highest BCUT2D eigenvalue weighted by atomic mass is 32.1. The minimum Gasteiger partial charge on any atom is -0.481 e. The van der Waals surface area contributed by atoms with E-state index in [2.05, 4.69) is 23.3 Å². The van der Waals surface area contributed by atoms with Gasteiger partial charge in [0.1, 0.15) is 0 Å². The SMILES string of the molecule is COc1ccc(NC(C)c2cc3c(s2)CCCC3)cn1. The highest BCUT2D eigenvalue weighted by Gasteiger charge is 2.16. The van der Waals surface area contributed by atoms with E-state index in [-0.39, 0.29) is 0 Å². The van der Waals surface area contributed by atoms with Crippen molar-refractivity contribution in [2.45, 2.75) is 38.6 Å². The molecular weight excluding hydrogens is 268 g/mol. The van der Waals surface area contributed by atoms with Crippen LogP contribution in [0.25, 0.3) is 0 Å². The van der Waals surface area contributed by atoms with E-state index in [4.69, 9.17) is 4.74 Å². The summed E-state index contributed by atoms with van der Waals surface area (Å²) in [5.41, 5.74) is 2.60. The van der Waals surface area contributed by atoms with Crippen molar-refractivity contribution in [1.29, 1.82) is 0 Å². The molecular formula is C16H20N2OS. The quantitative estimate of drug-likeness (QED) is 0.915. The van der Waals surface area contributed by atoms with Crippen LogP contribution in [0.3, 0.4) is 0 Å². The van der Waals surface area contributed by atoms with Crippen LogP contribution in [0.4, 0.5) is 5.69 Å². The molecule has 1 atom stereocenters. The lowest BCUT2D eigenvalue weighted by Gasteiger charge is -2.13. The van der Waals surface area contributed by atoms with E-state index in [0.717, 1.165) is 5.69 Å². The number of nitrogens with zero attached hydrogens (tertiary/aromatic N) is 1. The van der Waals surface area contributed by atoms with Crippen molar-refractivity contribution in [3.8, 4) is 5.88 Å². The number of aromatic nitrogens is 1. The van der Waals surface area contributed by atoms with E-state index in [1.165, 1.54) is 30.6 Å². The van der Waals surface area contributed by atoms with Crippen molar-refractivity contribution >= 4 is 17.0 Å². The molecule has 4 heteroatoms. The van der Waals surface area contributed by atoms with Gasteiger partial charge in [-0.05, 0) is 50.3 Å². The summed E-state index contributed by atoms with van der Waals surface area (Å²) in [7, 11) is 1.63. The second-order valence-electron chi connectivity index (χ2n) is 5.26. The minimum atomic E-state index is 0.320. The fraction of sp³-hybridized carbons (Fsp3) is 0.438. The standard InChI is InChI=1S/C16H20N2OS/c1-11(18-13-7-8-16(19-2)17-10-13)15-9-12-5-3-4-6-14(12)20-15/h7-11,18H,3-6H2,1-2H3. The molecule has 2 aromatic rings. The summed E-state index contributed by atoms with van der Waals surface area (Å²) in [6.45, 7) is 2.21. The molecule has 0 aromatic carbocycles. The maximum Gasteiger partial charge on any atom is 0.213 e. The van der Waals surface area contributed by atoms with E-state index in [1.807, 2.05) is 29.7 Å². The van der Waals surface area contributed by atoms with Gasteiger partial charge in [-0.3, -0.25) is 0 Å². The Kier molecular flexibility index (Phi) is 3.92. The largest absolute Gasteiger partial charge is 0.481 e. The Morgan fingerprint density at radius 2 is 2.15 bits per heavy atom. The first kappa shape index (κ1) is 13.4. The minimum absolute atomic E-state index is 0.320. The number of pyridine rings is 1. The first-order valence-corrected chi connectivity index (χ1v) is 7.96. The Labute approximate surface area is 124 Å². The van der Waals surface area contributed by atoms with Crippen molar-refractivity contribution in [1.82, 2.24) is 4.98 Å². The number of rotatable bonds is 4. The van der Waals surface area contributed by atoms with Crippen molar-refractivity contribution in [3.05, 3.63) is 39.7 Å². The third kappa shape index (κ3) is 2.80. The van der Waals surface area contributed by atoms with Crippen LogP contribution in [0.5, 0.6) is 5.88 Å². The van der Waals surface area contributed by atoms with Gasteiger partial charge < -0.3 is 10.1 Å². The van der Waals surface area contributed by atoms with Crippen LogP contribution in [-0.4, -0.2) is 12.1 Å². The Morgan fingerprint density at radius 1 is 1.30 bits per heavy atom. The average Bonchev–Trinajstić information content (AvgIpc) is 2.92.